The summed E-state index contributed by atoms with van der Waals surface area (Å²) in [5.41, 5.74) is 0.497. The summed E-state index contributed by atoms with van der Waals surface area (Å²) >= 11 is 0. The topological polar surface area (TPSA) is 30.9 Å². The number of likely N-dealkylation sites (tertiary alicyclic amines) is 1. The second-order valence-corrected chi connectivity index (χ2v) is 6.45. The van der Waals surface area contributed by atoms with Crippen molar-refractivity contribution in [1.82, 2.24) is 15.1 Å². The average molecular weight is 252 g/mol. The van der Waals surface area contributed by atoms with E-state index < -0.39 is 0 Å². The molecule has 4 heteroatoms. The number of rotatable bonds is 3. The Balaban J connectivity index is 1.70. The summed E-state index contributed by atoms with van der Waals surface area (Å²) in [6.45, 7) is 11.5. The van der Waals surface area contributed by atoms with Gasteiger partial charge in [0, 0.05) is 39.8 Å². The van der Waals surface area contributed by atoms with E-state index in [1.54, 1.807) is 0 Å². The molecule has 1 N–H and O–H groups in total. The average Bonchev–Trinajstić information content (AvgIpc) is 2.30. The van der Waals surface area contributed by atoms with Crippen LogP contribution in [0.3, 0.4) is 0 Å². The van der Waals surface area contributed by atoms with Gasteiger partial charge < -0.3 is 15.1 Å². The fourth-order valence-corrected chi connectivity index (χ4v) is 2.97. The normalized spacial score (nSPS) is 24.8. The summed E-state index contributed by atoms with van der Waals surface area (Å²) in [6.07, 6.45) is 3.89. The molecule has 0 aromatic rings. The van der Waals surface area contributed by atoms with Crippen molar-refractivity contribution >= 4 is 5.96 Å². The van der Waals surface area contributed by atoms with Crippen molar-refractivity contribution in [2.75, 3.05) is 46.3 Å². The van der Waals surface area contributed by atoms with Crippen molar-refractivity contribution in [3.05, 3.63) is 0 Å². The zero-order chi connectivity index (χ0) is 13.0. The second kappa shape index (κ2) is 5.91. The Labute approximate surface area is 111 Å². The molecule has 1 fully saturated rings. The van der Waals surface area contributed by atoms with Crippen LogP contribution in [0.5, 0.6) is 0 Å². The van der Waals surface area contributed by atoms with Crippen molar-refractivity contribution in [3.8, 4) is 0 Å². The minimum absolute atomic E-state index is 0.497. The predicted octanol–water partition coefficient (Wildman–Crippen LogP) is 1.39. The molecule has 18 heavy (non-hydrogen) atoms. The molecule has 2 heterocycles. The van der Waals surface area contributed by atoms with Crippen LogP contribution in [0, 0.1) is 5.41 Å². The molecular weight excluding hydrogens is 224 g/mol. The third kappa shape index (κ3) is 3.87. The monoisotopic (exact) mass is 252 g/mol. The molecule has 0 spiro atoms. The van der Waals surface area contributed by atoms with Crippen LogP contribution in [-0.2, 0) is 0 Å². The van der Waals surface area contributed by atoms with E-state index >= 15 is 0 Å². The van der Waals surface area contributed by atoms with Crippen molar-refractivity contribution in [1.29, 1.82) is 0 Å². The first-order chi connectivity index (χ1) is 8.57. The zero-order valence-electron chi connectivity index (χ0n) is 12.2. The zero-order valence-corrected chi connectivity index (χ0v) is 12.2. The lowest BCUT2D eigenvalue weighted by Gasteiger charge is -2.38. The van der Waals surface area contributed by atoms with Crippen molar-refractivity contribution in [2.45, 2.75) is 33.1 Å². The summed E-state index contributed by atoms with van der Waals surface area (Å²) < 4.78 is 0. The van der Waals surface area contributed by atoms with Gasteiger partial charge in [-0.05, 0) is 31.2 Å². The molecule has 0 aromatic heterocycles. The standard InChI is InChI=1S/C14H28N4/c1-14(2)6-4-10-18(12-14)11-8-16-13-15-7-5-9-17(13)3/h4-12H2,1-3H3,(H,15,16). The molecular formula is C14H28N4. The summed E-state index contributed by atoms with van der Waals surface area (Å²) in [5.74, 6) is 1.08. The van der Waals surface area contributed by atoms with Gasteiger partial charge in [-0.15, -0.1) is 0 Å². The SMILES string of the molecule is CN1CCCN=C1NCCN1CCCC(C)(C)C1. The van der Waals surface area contributed by atoms with Crippen molar-refractivity contribution < 1.29 is 0 Å². The van der Waals surface area contributed by atoms with Crippen LogP contribution in [0.2, 0.25) is 0 Å². The Kier molecular flexibility index (Phi) is 4.49. The van der Waals surface area contributed by atoms with E-state index in [1.165, 1.54) is 32.4 Å². The van der Waals surface area contributed by atoms with Gasteiger partial charge in [0.1, 0.15) is 0 Å². The first kappa shape index (κ1) is 13.7. The number of piperidine rings is 1. The number of hydrogen-bond donors (Lipinski definition) is 1. The Morgan fingerprint density at radius 1 is 1.28 bits per heavy atom. The van der Waals surface area contributed by atoms with Gasteiger partial charge in [-0.3, -0.25) is 4.99 Å². The quantitative estimate of drug-likeness (QED) is 0.823. The Morgan fingerprint density at radius 3 is 2.83 bits per heavy atom. The maximum atomic E-state index is 4.53. The molecule has 0 aromatic carbocycles. The van der Waals surface area contributed by atoms with Crippen LogP contribution in [-0.4, -0.2) is 62.1 Å². The van der Waals surface area contributed by atoms with Gasteiger partial charge in [0.15, 0.2) is 5.96 Å². The van der Waals surface area contributed by atoms with E-state index in [-0.39, 0.29) is 0 Å². The first-order valence-corrected chi connectivity index (χ1v) is 7.29. The van der Waals surface area contributed by atoms with Crippen LogP contribution >= 0.6 is 0 Å². The third-order valence-electron chi connectivity index (χ3n) is 3.97. The summed E-state index contributed by atoms with van der Waals surface area (Å²) in [5, 5.41) is 3.48. The van der Waals surface area contributed by atoms with E-state index in [2.05, 4.69) is 41.0 Å². The van der Waals surface area contributed by atoms with Crippen LogP contribution in [0.1, 0.15) is 33.1 Å². The minimum Gasteiger partial charge on any atom is -0.355 e. The third-order valence-corrected chi connectivity index (χ3v) is 3.97. The highest BCUT2D eigenvalue weighted by Gasteiger charge is 2.25. The van der Waals surface area contributed by atoms with E-state index in [4.69, 9.17) is 0 Å². The van der Waals surface area contributed by atoms with E-state index in [9.17, 15) is 0 Å². The maximum Gasteiger partial charge on any atom is 0.193 e. The van der Waals surface area contributed by atoms with Gasteiger partial charge in [0.25, 0.3) is 0 Å². The largest absolute Gasteiger partial charge is 0.355 e. The summed E-state index contributed by atoms with van der Waals surface area (Å²) in [4.78, 5) is 9.34. The number of nitrogens with zero attached hydrogens (tertiary/aromatic N) is 3. The van der Waals surface area contributed by atoms with E-state index in [1.807, 2.05) is 0 Å². The molecule has 0 amide bonds. The minimum atomic E-state index is 0.497. The molecule has 2 rings (SSSR count). The van der Waals surface area contributed by atoms with Gasteiger partial charge in [0.2, 0.25) is 0 Å². The fraction of sp³-hybridized carbons (Fsp3) is 0.929. The molecule has 1 saturated heterocycles. The highest BCUT2D eigenvalue weighted by Crippen LogP contribution is 2.27. The molecule has 0 atom stereocenters. The Bertz CT molecular complexity index is 298. The number of hydrogen-bond acceptors (Lipinski definition) is 4. The second-order valence-electron chi connectivity index (χ2n) is 6.45. The van der Waals surface area contributed by atoms with Crippen LogP contribution < -0.4 is 5.32 Å². The predicted molar refractivity (Wildman–Crippen MR) is 77.0 cm³/mol. The number of nitrogens with one attached hydrogen (secondary N) is 1. The summed E-state index contributed by atoms with van der Waals surface area (Å²) in [6, 6.07) is 0. The van der Waals surface area contributed by atoms with Gasteiger partial charge >= 0.3 is 0 Å². The lowest BCUT2D eigenvalue weighted by Crippen LogP contribution is -2.47. The van der Waals surface area contributed by atoms with Crippen molar-refractivity contribution in [3.63, 3.8) is 0 Å². The smallest absolute Gasteiger partial charge is 0.193 e. The van der Waals surface area contributed by atoms with Gasteiger partial charge in [-0.25, -0.2) is 0 Å². The van der Waals surface area contributed by atoms with E-state index in [0.717, 1.165) is 32.1 Å². The maximum absolute atomic E-state index is 4.53. The highest BCUT2D eigenvalue weighted by atomic mass is 15.3. The molecule has 0 radical (unpaired) electrons. The molecule has 0 saturated carbocycles. The lowest BCUT2D eigenvalue weighted by molar-refractivity contribution is 0.119. The van der Waals surface area contributed by atoms with Crippen LogP contribution in [0.25, 0.3) is 0 Å². The molecule has 2 aliphatic rings. The van der Waals surface area contributed by atoms with Gasteiger partial charge in [0.05, 0.1) is 0 Å². The van der Waals surface area contributed by atoms with Gasteiger partial charge in [-0.1, -0.05) is 13.8 Å². The Hall–Kier alpha value is -0.770. The highest BCUT2D eigenvalue weighted by molar-refractivity contribution is 5.80. The van der Waals surface area contributed by atoms with E-state index in [0.29, 0.717) is 5.41 Å². The van der Waals surface area contributed by atoms with Crippen LogP contribution in [0.15, 0.2) is 4.99 Å². The van der Waals surface area contributed by atoms with Crippen molar-refractivity contribution in [2.24, 2.45) is 10.4 Å². The van der Waals surface area contributed by atoms with Gasteiger partial charge in [-0.2, -0.15) is 0 Å². The molecule has 0 aliphatic carbocycles. The lowest BCUT2D eigenvalue weighted by atomic mass is 9.84. The fourth-order valence-electron chi connectivity index (χ4n) is 2.97. The number of guanidine groups is 1. The molecule has 0 unspecified atom stereocenters. The molecule has 0 bridgehead atoms. The molecule has 104 valence electrons. The molecule has 4 nitrogen and oxygen atoms in total. The molecule has 2 aliphatic heterocycles. The van der Waals surface area contributed by atoms with Crippen LogP contribution in [0.4, 0.5) is 0 Å². The Morgan fingerprint density at radius 2 is 2.11 bits per heavy atom. The summed E-state index contributed by atoms with van der Waals surface area (Å²) in [7, 11) is 2.12. The first-order valence-electron chi connectivity index (χ1n) is 7.29. The number of aliphatic imine (C=N–C) groups is 1.